The second-order valence-electron chi connectivity index (χ2n) is 9.22. The molecule has 0 bridgehead atoms. The van der Waals surface area contributed by atoms with Crippen molar-refractivity contribution in [2.45, 2.75) is 32.7 Å². The molecule has 0 saturated heterocycles. The molecule has 6 nitrogen and oxygen atoms in total. The molecule has 0 fully saturated rings. The third-order valence-corrected chi connectivity index (χ3v) is 7.40. The zero-order chi connectivity index (χ0) is 25.0. The minimum atomic E-state index is -0.346. The van der Waals surface area contributed by atoms with Gasteiger partial charge in [0.15, 0.2) is 0 Å². The highest BCUT2D eigenvalue weighted by Crippen LogP contribution is 2.40. The number of aryl methyl sites for hydroxylation is 2. The maximum atomic E-state index is 9.64. The second-order valence-corrected chi connectivity index (χ2v) is 10.1. The lowest BCUT2D eigenvalue weighted by molar-refractivity contribution is 0.706. The van der Waals surface area contributed by atoms with Crippen LogP contribution in [0.1, 0.15) is 33.9 Å². The Balaban J connectivity index is 1.55. The fraction of sp³-hybridized carbons (Fsp3) is 0.214. The van der Waals surface area contributed by atoms with Gasteiger partial charge in [0.05, 0.1) is 38.9 Å². The Kier molecular flexibility index (Phi) is 5.55. The first kappa shape index (κ1) is 22.8. The molecule has 0 amide bonds. The van der Waals surface area contributed by atoms with Gasteiger partial charge in [-0.1, -0.05) is 47.5 Å². The highest BCUT2D eigenvalue weighted by molar-refractivity contribution is 6.36. The van der Waals surface area contributed by atoms with Crippen LogP contribution in [-0.4, -0.2) is 27.5 Å². The van der Waals surface area contributed by atoms with Gasteiger partial charge in [0, 0.05) is 48.6 Å². The molecule has 36 heavy (non-hydrogen) atoms. The first-order valence-electron chi connectivity index (χ1n) is 11.8. The zero-order valence-corrected chi connectivity index (χ0v) is 21.3. The average molecular weight is 513 g/mol. The van der Waals surface area contributed by atoms with E-state index in [4.69, 9.17) is 28.3 Å². The van der Waals surface area contributed by atoms with E-state index in [1.807, 2.05) is 6.07 Å². The number of nitrogens with zero attached hydrogens (tertiary/aromatic N) is 6. The molecule has 4 heterocycles. The third-order valence-electron chi connectivity index (χ3n) is 6.91. The molecule has 2 aliphatic rings. The first-order valence-corrected chi connectivity index (χ1v) is 12.5. The summed E-state index contributed by atoms with van der Waals surface area (Å²) in [5, 5.41) is 15.8. The van der Waals surface area contributed by atoms with Crippen LogP contribution in [0.3, 0.4) is 0 Å². The Morgan fingerprint density at radius 3 is 2.64 bits per heavy atom. The Hall–Kier alpha value is -3.66. The minimum absolute atomic E-state index is 0.346. The molecule has 0 aliphatic carbocycles. The Bertz CT molecular complexity index is 1580. The number of halogens is 2. The van der Waals surface area contributed by atoms with E-state index in [0.29, 0.717) is 22.4 Å². The van der Waals surface area contributed by atoms with E-state index in [0.717, 1.165) is 63.5 Å². The Labute approximate surface area is 219 Å². The standard InChI is InChI=1S/C28H22Cl2N6/c1-16-4-3-5-17(2)26(16)36-27(18-6-7-24-21(10-18)19(12-31)13-32-24)22-15-35(9-8-25(22)34-36)28-23(30)11-20(29)14-33-28/h3-7,10-11,13-14,19H,8-9,15H2,1-2H3. The number of pyridine rings is 1. The van der Waals surface area contributed by atoms with Crippen molar-refractivity contribution in [2.75, 3.05) is 11.4 Å². The molecule has 4 aromatic rings. The van der Waals surface area contributed by atoms with Crippen molar-refractivity contribution in [2.24, 2.45) is 4.99 Å². The first-order chi connectivity index (χ1) is 17.4. The number of hydrogen-bond acceptors (Lipinski definition) is 5. The zero-order valence-electron chi connectivity index (χ0n) is 19.8. The number of benzene rings is 2. The van der Waals surface area contributed by atoms with E-state index in [9.17, 15) is 5.26 Å². The SMILES string of the molecule is Cc1cccc(C)c1-n1nc2c(c1-c1ccc3c(c1)C(C#N)C=N3)CN(c1ncc(Cl)cc1Cl)CC2. The van der Waals surface area contributed by atoms with Crippen LogP contribution >= 0.6 is 23.2 Å². The van der Waals surface area contributed by atoms with Gasteiger partial charge < -0.3 is 4.90 Å². The van der Waals surface area contributed by atoms with E-state index < -0.39 is 0 Å². The molecule has 178 valence electrons. The Morgan fingerprint density at radius 2 is 1.89 bits per heavy atom. The lowest BCUT2D eigenvalue weighted by Crippen LogP contribution is -2.31. The van der Waals surface area contributed by atoms with Gasteiger partial charge in [-0.2, -0.15) is 10.4 Å². The van der Waals surface area contributed by atoms with Crippen LogP contribution in [-0.2, 0) is 13.0 Å². The molecule has 8 heteroatoms. The second kappa shape index (κ2) is 8.77. The number of para-hydroxylation sites is 1. The molecule has 1 atom stereocenters. The highest BCUT2D eigenvalue weighted by Gasteiger charge is 2.29. The summed E-state index contributed by atoms with van der Waals surface area (Å²) in [7, 11) is 0. The molecule has 6 rings (SSSR count). The van der Waals surface area contributed by atoms with Crippen LogP contribution in [0.25, 0.3) is 16.9 Å². The molecule has 0 N–H and O–H groups in total. The predicted octanol–water partition coefficient (Wildman–Crippen LogP) is 6.74. The predicted molar refractivity (Wildman–Crippen MR) is 144 cm³/mol. The van der Waals surface area contributed by atoms with E-state index in [2.05, 4.69) is 69.8 Å². The quantitative estimate of drug-likeness (QED) is 0.304. The van der Waals surface area contributed by atoms with E-state index in [1.54, 1.807) is 18.5 Å². The van der Waals surface area contributed by atoms with Gasteiger partial charge in [0.1, 0.15) is 11.7 Å². The average Bonchev–Trinajstić information content (AvgIpc) is 3.44. The van der Waals surface area contributed by atoms with Gasteiger partial charge in [0.2, 0.25) is 0 Å². The van der Waals surface area contributed by atoms with Crippen LogP contribution in [0.15, 0.2) is 53.7 Å². The topological polar surface area (TPSA) is 70.1 Å². The van der Waals surface area contributed by atoms with E-state index >= 15 is 0 Å². The lowest BCUT2D eigenvalue weighted by Gasteiger charge is -2.28. The van der Waals surface area contributed by atoms with Crippen LogP contribution < -0.4 is 4.90 Å². The summed E-state index contributed by atoms with van der Waals surface area (Å²) in [5.74, 6) is 0.366. The number of anilines is 1. The van der Waals surface area contributed by atoms with Crippen LogP contribution in [0, 0.1) is 25.2 Å². The van der Waals surface area contributed by atoms with Crippen molar-refractivity contribution in [3.05, 3.63) is 86.7 Å². The van der Waals surface area contributed by atoms with Gasteiger partial charge in [-0.25, -0.2) is 9.67 Å². The monoisotopic (exact) mass is 512 g/mol. The van der Waals surface area contributed by atoms with E-state index in [1.165, 1.54) is 0 Å². The van der Waals surface area contributed by atoms with Crippen molar-refractivity contribution in [1.82, 2.24) is 14.8 Å². The molecule has 1 unspecified atom stereocenters. The molecule has 2 aliphatic heterocycles. The van der Waals surface area contributed by atoms with Gasteiger partial charge in [-0.15, -0.1) is 0 Å². The fourth-order valence-corrected chi connectivity index (χ4v) is 5.70. The van der Waals surface area contributed by atoms with Gasteiger partial charge >= 0.3 is 0 Å². The number of hydrogen-bond donors (Lipinski definition) is 0. The maximum absolute atomic E-state index is 9.64. The van der Waals surface area contributed by atoms with Crippen molar-refractivity contribution in [3.63, 3.8) is 0 Å². The smallest absolute Gasteiger partial charge is 0.147 e. The number of fused-ring (bicyclic) bond motifs is 2. The summed E-state index contributed by atoms with van der Waals surface area (Å²) < 4.78 is 2.08. The summed E-state index contributed by atoms with van der Waals surface area (Å²) in [5.41, 5.74) is 9.35. The van der Waals surface area contributed by atoms with Crippen molar-refractivity contribution in [1.29, 1.82) is 5.26 Å². The number of nitriles is 1. The van der Waals surface area contributed by atoms with Gasteiger partial charge in [-0.05, 0) is 43.2 Å². The molecule has 0 radical (unpaired) electrons. The summed E-state index contributed by atoms with van der Waals surface area (Å²) in [4.78, 5) is 11.1. The van der Waals surface area contributed by atoms with E-state index in [-0.39, 0.29) is 5.92 Å². The Morgan fingerprint density at radius 1 is 1.08 bits per heavy atom. The van der Waals surface area contributed by atoms with Crippen molar-refractivity contribution >= 4 is 40.9 Å². The normalized spacial score (nSPS) is 16.1. The molecule has 2 aromatic heterocycles. The molecular formula is C28H22Cl2N6. The largest absolute Gasteiger partial charge is 0.351 e. The summed E-state index contributed by atoms with van der Waals surface area (Å²) in [6, 6.07) is 16.5. The third kappa shape index (κ3) is 3.67. The maximum Gasteiger partial charge on any atom is 0.147 e. The van der Waals surface area contributed by atoms with Gasteiger partial charge in [-0.3, -0.25) is 4.99 Å². The minimum Gasteiger partial charge on any atom is -0.351 e. The summed E-state index contributed by atoms with van der Waals surface area (Å²) in [6.45, 7) is 5.58. The number of aromatic nitrogens is 3. The fourth-order valence-electron chi connectivity index (χ4n) is 5.20. The summed E-state index contributed by atoms with van der Waals surface area (Å²) in [6.07, 6.45) is 4.10. The molecular weight excluding hydrogens is 491 g/mol. The molecule has 2 aromatic carbocycles. The van der Waals surface area contributed by atoms with Crippen molar-refractivity contribution in [3.8, 4) is 23.0 Å². The lowest BCUT2D eigenvalue weighted by atomic mass is 9.95. The molecule has 0 saturated carbocycles. The summed E-state index contributed by atoms with van der Waals surface area (Å²) >= 11 is 12.6. The number of rotatable bonds is 3. The van der Waals surface area contributed by atoms with Gasteiger partial charge in [0.25, 0.3) is 0 Å². The highest BCUT2D eigenvalue weighted by atomic mass is 35.5. The molecule has 0 spiro atoms. The van der Waals surface area contributed by atoms with Crippen LogP contribution in [0.4, 0.5) is 11.5 Å². The van der Waals surface area contributed by atoms with Crippen molar-refractivity contribution < 1.29 is 0 Å². The number of aliphatic imine (C=N–C) groups is 1. The van der Waals surface area contributed by atoms with Crippen LogP contribution in [0.2, 0.25) is 10.0 Å². The van der Waals surface area contributed by atoms with Crippen LogP contribution in [0.5, 0.6) is 0 Å².